The largest absolute Gasteiger partial charge is 0.376 e. The maximum atomic E-state index is 11.8. The van der Waals surface area contributed by atoms with E-state index < -0.39 is 0 Å². The molecule has 4 nitrogen and oxygen atoms in total. The van der Waals surface area contributed by atoms with E-state index in [9.17, 15) is 4.79 Å². The fourth-order valence-electron chi connectivity index (χ4n) is 2.41. The van der Waals surface area contributed by atoms with Crippen molar-refractivity contribution in [1.82, 2.24) is 10.2 Å². The number of carbonyl (C=O) groups is 1. The van der Waals surface area contributed by atoms with Gasteiger partial charge in [-0.15, -0.1) is 0 Å². The average Bonchev–Trinajstić information content (AvgIpc) is 2.45. The summed E-state index contributed by atoms with van der Waals surface area (Å²) in [6.07, 6.45) is 9.79. The number of amides is 1. The monoisotopic (exact) mass is 263 g/mol. The molecule has 0 bridgehead atoms. The molecule has 1 rings (SSSR count). The zero-order valence-corrected chi connectivity index (χ0v) is 12.1. The minimum Gasteiger partial charge on any atom is -0.376 e. The lowest BCUT2D eigenvalue weighted by molar-refractivity contribution is -0.117. The number of unbranched alkanes of at least 4 members (excludes halogenated alkanes) is 1. The normalized spacial score (nSPS) is 16.8. The predicted octanol–water partition coefficient (Wildman–Crippen LogP) is 2.57. The molecule has 1 amide bonds. The molecule has 106 valence electrons. The van der Waals surface area contributed by atoms with E-state index in [4.69, 9.17) is 5.26 Å². The molecular formula is C15H25N3O. The molecule has 0 saturated heterocycles. The summed E-state index contributed by atoms with van der Waals surface area (Å²) in [4.78, 5) is 13.9. The van der Waals surface area contributed by atoms with Crippen LogP contribution in [0, 0.1) is 11.3 Å². The van der Waals surface area contributed by atoms with Gasteiger partial charge < -0.3 is 10.2 Å². The van der Waals surface area contributed by atoms with E-state index >= 15 is 0 Å². The van der Waals surface area contributed by atoms with Crippen LogP contribution < -0.4 is 5.32 Å². The Balaban J connectivity index is 2.54. The van der Waals surface area contributed by atoms with Crippen molar-refractivity contribution in [1.29, 1.82) is 5.26 Å². The van der Waals surface area contributed by atoms with E-state index in [1.807, 2.05) is 18.0 Å². The first-order valence-corrected chi connectivity index (χ1v) is 7.31. The van der Waals surface area contributed by atoms with Crippen LogP contribution in [0.4, 0.5) is 0 Å². The molecular weight excluding hydrogens is 238 g/mol. The number of nitrogens with one attached hydrogen (secondary N) is 1. The van der Waals surface area contributed by atoms with Crippen molar-refractivity contribution in [2.24, 2.45) is 0 Å². The third-order valence-electron chi connectivity index (χ3n) is 3.66. The van der Waals surface area contributed by atoms with Gasteiger partial charge in [-0.1, -0.05) is 32.6 Å². The number of nitrogens with zero attached hydrogens (tertiary/aromatic N) is 2. The molecule has 1 aliphatic carbocycles. The van der Waals surface area contributed by atoms with Gasteiger partial charge in [0.25, 0.3) is 5.91 Å². The van der Waals surface area contributed by atoms with Gasteiger partial charge in [0, 0.05) is 25.8 Å². The van der Waals surface area contributed by atoms with E-state index in [1.165, 1.54) is 19.3 Å². The second kappa shape index (κ2) is 8.58. The Labute approximate surface area is 116 Å². The molecule has 0 aromatic rings. The van der Waals surface area contributed by atoms with Gasteiger partial charge in [-0.2, -0.15) is 5.26 Å². The summed E-state index contributed by atoms with van der Waals surface area (Å²) in [6.45, 7) is 2.71. The lowest BCUT2D eigenvalue weighted by Gasteiger charge is -2.30. The number of hydrogen-bond donors (Lipinski definition) is 1. The van der Waals surface area contributed by atoms with Crippen LogP contribution in [-0.2, 0) is 4.79 Å². The molecule has 0 aromatic carbocycles. The zero-order chi connectivity index (χ0) is 14.1. The van der Waals surface area contributed by atoms with Crippen molar-refractivity contribution in [2.45, 2.75) is 57.9 Å². The highest BCUT2D eigenvalue weighted by Crippen LogP contribution is 2.22. The molecule has 0 aromatic heterocycles. The smallest absolute Gasteiger partial charge is 0.263 e. The van der Waals surface area contributed by atoms with E-state index in [0.29, 0.717) is 12.6 Å². The Hall–Kier alpha value is -1.50. The van der Waals surface area contributed by atoms with Crippen LogP contribution in [0.25, 0.3) is 0 Å². The molecule has 0 spiro atoms. The Morgan fingerprint density at radius 3 is 2.68 bits per heavy atom. The number of hydrogen-bond acceptors (Lipinski definition) is 3. The van der Waals surface area contributed by atoms with Crippen LogP contribution in [0.2, 0.25) is 0 Å². The zero-order valence-electron chi connectivity index (χ0n) is 12.1. The third-order valence-corrected chi connectivity index (χ3v) is 3.66. The van der Waals surface area contributed by atoms with Crippen molar-refractivity contribution < 1.29 is 4.79 Å². The molecule has 1 N–H and O–H groups in total. The summed E-state index contributed by atoms with van der Waals surface area (Å²) in [5.74, 6) is -0.251. The van der Waals surface area contributed by atoms with Gasteiger partial charge in [0.1, 0.15) is 11.6 Å². The molecule has 0 heterocycles. The summed E-state index contributed by atoms with van der Waals surface area (Å²) in [6, 6.07) is 2.48. The first kappa shape index (κ1) is 15.6. The Morgan fingerprint density at radius 1 is 1.42 bits per heavy atom. The van der Waals surface area contributed by atoms with E-state index in [0.717, 1.165) is 25.7 Å². The molecule has 0 aliphatic heterocycles. The van der Waals surface area contributed by atoms with Crippen LogP contribution in [-0.4, -0.2) is 30.4 Å². The fraction of sp³-hybridized carbons (Fsp3) is 0.733. The average molecular weight is 263 g/mol. The Bertz CT molecular complexity index is 351. The minimum atomic E-state index is -0.251. The van der Waals surface area contributed by atoms with E-state index in [2.05, 4.69) is 12.2 Å². The number of rotatable bonds is 6. The number of nitriles is 1. The van der Waals surface area contributed by atoms with Gasteiger partial charge in [0.05, 0.1) is 0 Å². The highest BCUT2D eigenvalue weighted by Gasteiger charge is 2.17. The minimum absolute atomic E-state index is 0.212. The molecule has 19 heavy (non-hydrogen) atoms. The van der Waals surface area contributed by atoms with Crippen LogP contribution in [0.15, 0.2) is 11.8 Å². The molecule has 1 saturated carbocycles. The molecule has 0 unspecified atom stereocenters. The summed E-state index contributed by atoms with van der Waals surface area (Å²) in [5.41, 5.74) is 0.212. The SMILES string of the molecule is CCCCNC(=O)/C(C#N)=C\N(C)C1CCCCC1. The highest BCUT2D eigenvalue weighted by atomic mass is 16.1. The van der Waals surface area contributed by atoms with Gasteiger partial charge in [0.15, 0.2) is 0 Å². The van der Waals surface area contributed by atoms with Gasteiger partial charge in [-0.05, 0) is 19.3 Å². The third kappa shape index (κ3) is 5.34. The standard InChI is InChI=1S/C15H25N3O/c1-3-4-10-17-15(19)13(11-16)12-18(2)14-8-6-5-7-9-14/h12,14H,3-10H2,1-2H3,(H,17,19)/b13-12-. The van der Waals surface area contributed by atoms with Crippen LogP contribution >= 0.6 is 0 Å². The predicted molar refractivity (Wildman–Crippen MR) is 76.2 cm³/mol. The quantitative estimate of drug-likeness (QED) is 0.455. The molecule has 0 radical (unpaired) electrons. The summed E-state index contributed by atoms with van der Waals surface area (Å²) in [5, 5.41) is 11.9. The van der Waals surface area contributed by atoms with E-state index in [-0.39, 0.29) is 11.5 Å². The second-order valence-electron chi connectivity index (χ2n) is 5.22. The van der Waals surface area contributed by atoms with E-state index in [1.54, 1.807) is 6.20 Å². The molecule has 0 atom stereocenters. The summed E-state index contributed by atoms with van der Waals surface area (Å²) in [7, 11) is 1.96. The summed E-state index contributed by atoms with van der Waals surface area (Å²) >= 11 is 0. The lowest BCUT2D eigenvalue weighted by Crippen LogP contribution is -2.31. The maximum absolute atomic E-state index is 11.8. The van der Waals surface area contributed by atoms with Crippen LogP contribution in [0.1, 0.15) is 51.9 Å². The van der Waals surface area contributed by atoms with Crippen molar-refractivity contribution in [3.8, 4) is 6.07 Å². The van der Waals surface area contributed by atoms with Crippen molar-refractivity contribution >= 4 is 5.91 Å². The van der Waals surface area contributed by atoms with Gasteiger partial charge >= 0.3 is 0 Å². The lowest BCUT2D eigenvalue weighted by atomic mass is 9.94. The molecule has 1 aliphatic rings. The Kier molecular flexibility index (Phi) is 7.02. The molecule has 4 heteroatoms. The first-order valence-electron chi connectivity index (χ1n) is 7.31. The highest BCUT2D eigenvalue weighted by molar-refractivity contribution is 5.97. The first-order chi connectivity index (χ1) is 9.19. The van der Waals surface area contributed by atoms with Gasteiger partial charge in [-0.25, -0.2) is 0 Å². The van der Waals surface area contributed by atoms with Crippen LogP contribution in [0.5, 0.6) is 0 Å². The van der Waals surface area contributed by atoms with Gasteiger partial charge in [-0.3, -0.25) is 4.79 Å². The number of carbonyl (C=O) groups excluding carboxylic acids is 1. The van der Waals surface area contributed by atoms with Gasteiger partial charge in [0.2, 0.25) is 0 Å². The van der Waals surface area contributed by atoms with Crippen molar-refractivity contribution in [3.63, 3.8) is 0 Å². The fourth-order valence-corrected chi connectivity index (χ4v) is 2.41. The molecule has 1 fully saturated rings. The summed E-state index contributed by atoms with van der Waals surface area (Å²) < 4.78 is 0. The van der Waals surface area contributed by atoms with Crippen molar-refractivity contribution in [2.75, 3.05) is 13.6 Å². The Morgan fingerprint density at radius 2 is 2.11 bits per heavy atom. The maximum Gasteiger partial charge on any atom is 0.263 e. The topological polar surface area (TPSA) is 56.1 Å². The van der Waals surface area contributed by atoms with Crippen LogP contribution in [0.3, 0.4) is 0 Å². The second-order valence-corrected chi connectivity index (χ2v) is 5.22. The van der Waals surface area contributed by atoms with Crippen molar-refractivity contribution in [3.05, 3.63) is 11.8 Å².